The second kappa shape index (κ2) is 6.56. The predicted molar refractivity (Wildman–Crippen MR) is 82.0 cm³/mol. The number of halogens is 1. The number of hydrogen-bond donors (Lipinski definition) is 1. The largest absolute Gasteiger partial charge is 0.450 e. The van der Waals surface area contributed by atoms with Crippen LogP contribution in [-0.4, -0.2) is 11.0 Å². The molecule has 0 saturated carbocycles. The van der Waals surface area contributed by atoms with Crippen molar-refractivity contribution < 1.29 is 9.66 Å². The van der Waals surface area contributed by atoms with E-state index in [9.17, 15) is 10.1 Å². The number of nitro benzene ring substituents is 1. The summed E-state index contributed by atoms with van der Waals surface area (Å²) in [7, 11) is 0. The molecule has 2 N–H and O–H groups in total. The van der Waals surface area contributed by atoms with Gasteiger partial charge in [-0.05, 0) is 49.2 Å². The lowest BCUT2D eigenvalue weighted by Gasteiger charge is -2.09. The molecule has 0 aliphatic carbocycles. The maximum Gasteiger partial charge on any atom is 0.311 e. The highest BCUT2D eigenvalue weighted by molar-refractivity contribution is 6.30. The van der Waals surface area contributed by atoms with Crippen LogP contribution < -0.4 is 10.5 Å². The van der Waals surface area contributed by atoms with Crippen LogP contribution in [0.25, 0.3) is 0 Å². The van der Waals surface area contributed by atoms with Crippen molar-refractivity contribution in [1.29, 1.82) is 0 Å². The van der Waals surface area contributed by atoms with Crippen molar-refractivity contribution in [2.24, 2.45) is 5.73 Å². The van der Waals surface area contributed by atoms with Gasteiger partial charge in [0.05, 0.1) is 4.92 Å². The van der Waals surface area contributed by atoms with E-state index in [1.807, 2.05) is 6.92 Å². The van der Waals surface area contributed by atoms with Gasteiger partial charge in [-0.1, -0.05) is 17.7 Å². The van der Waals surface area contributed by atoms with Gasteiger partial charge in [-0.3, -0.25) is 10.1 Å². The van der Waals surface area contributed by atoms with E-state index in [0.29, 0.717) is 17.2 Å². The molecule has 0 aliphatic rings. The highest BCUT2D eigenvalue weighted by Crippen LogP contribution is 2.32. The van der Waals surface area contributed by atoms with Crippen molar-refractivity contribution >= 4 is 17.3 Å². The van der Waals surface area contributed by atoms with Gasteiger partial charge in [-0.25, -0.2) is 0 Å². The van der Waals surface area contributed by atoms with Gasteiger partial charge in [0.25, 0.3) is 0 Å². The van der Waals surface area contributed by atoms with Gasteiger partial charge in [-0.2, -0.15) is 0 Å². The van der Waals surface area contributed by atoms with Gasteiger partial charge >= 0.3 is 5.69 Å². The number of ether oxygens (including phenoxy) is 1. The second-order valence-corrected chi connectivity index (χ2v) is 5.23. The lowest BCUT2D eigenvalue weighted by atomic mass is 10.1. The van der Waals surface area contributed by atoms with E-state index in [1.165, 1.54) is 6.07 Å². The van der Waals surface area contributed by atoms with Crippen molar-refractivity contribution in [2.75, 3.05) is 0 Å². The van der Waals surface area contributed by atoms with Crippen molar-refractivity contribution in [2.45, 2.75) is 19.4 Å². The summed E-state index contributed by atoms with van der Waals surface area (Å²) in [6, 6.07) is 11.4. The fraction of sp³-hybridized carbons (Fsp3) is 0.200. The Hall–Kier alpha value is -2.11. The summed E-state index contributed by atoms with van der Waals surface area (Å²) in [4.78, 5) is 10.7. The van der Waals surface area contributed by atoms with Gasteiger partial charge < -0.3 is 10.5 Å². The van der Waals surface area contributed by atoms with Crippen LogP contribution in [0.15, 0.2) is 42.5 Å². The summed E-state index contributed by atoms with van der Waals surface area (Å²) >= 11 is 5.79. The SMILES string of the molecule is CC(N)Cc1ccc(Oc2ccc(Cl)cc2)c([N+](=O)[O-])c1. The van der Waals surface area contributed by atoms with E-state index in [1.54, 1.807) is 36.4 Å². The number of nitro groups is 1. The van der Waals surface area contributed by atoms with E-state index < -0.39 is 4.92 Å². The number of rotatable bonds is 5. The molecule has 2 aromatic rings. The Morgan fingerprint density at radius 3 is 2.52 bits per heavy atom. The maximum atomic E-state index is 11.2. The van der Waals surface area contributed by atoms with E-state index in [-0.39, 0.29) is 17.5 Å². The molecule has 6 heteroatoms. The van der Waals surface area contributed by atoms with Gasteiger partial charge in [0.1, 0.15) is 5.75 Å². The Bertz CT molecular complexity index is 642. The molecular formula is C15H15ClN2O3. The van der Waals surface area contributed by atoms with Crippen molar-refractivity contribution in [3.8, 4) is 11.5 Å². The zero-order valence-electron chi connectivity index (χ0n) is 11.5. The van der Waals surface area contributed by atoms with E-state index in [0.717, 1.165) is 5.56 Å². The van der Waals surface area contributed by atoms with Gasteiger partial charge in [0.2, 0.25) is 5.75 Å². The third kappa shape index (κ3) is 4.18. The molecule has 0 bridgehead atoms. The van der Waals surface area contributed by atoms with E-state index >= 15 is 0 Å². The first-order chi connectivity index (χ1) is 9.95. The summed E-state index contributed by atoms with van der Waals surface area (Å²) in [5.41, 5.74) is 6.44. The first-order valence-electron chi connectivity index (χ1n) is 6.42. The van der Waals surface area contributed by atoms with E-state index in [2.05, 4.69) is 0 Å². The molecule has 5 nitrogen and oxygen atoms in total. The molecule has 2 aromatic carbocycles. The molecule has 110 valence electrons. The Balaban J connectivity index is 2.30. The fourth-order valence-corrected chi connectivity index (χ4v) is 2.05. The van der Waals surface area contributed by atoms with Crippen LogP contribution in [0.1, 0.15) is 12.5 Å². The Labute approximate surface area is 127 Å². The van der Waals surface area contributed by atoms with Crippen LogP contribution in [0.4, 0.5) is 5.69 Å². The molecule has 0 saturated heterocycles. The monoisotopic (exact) mass is 306 g/mol. The molecule has 0 fully saturated rings. The first-order valence-corrected chi connectivity index (χ1v) is 6.80. The van der Waals surface area contributed by atoms with Crippen LogP contribution in [0.3, 0.4) is 0 Å². The summed E-state index contributed by atoms with van der Waals surface area (Å²) in [5.74, 6) is 0.679. The molecule has 0 amide bonds. The van der Waals surface area contributed by atoms with Gasteiger partial charge in [0, 0.05) is 17.1 Å². The third-order valence-corrected chi connectivity index (χ3v) is 3.07. The van der Waals surface area contributed by atoms with Crippen molar-refractivity contribution in [1.82, 2.24) is 0 Å². The van der Waals surface area contributed by atoms with Crippen molar-refractivity contribution in [3.05, 3.63) is 63.2 Å². The van der Waals surface area contributed by atoms with Crippen LogP contribution in [0.2, 0.25) is 5.02 Å². The van der Waals surface area contributed by atoms with Crippen LogP contribution in [0.5, 0.6) is 11.5 Å². The Kier molecular flexibility index (Phi) is 4.77. The summed E-state index contributed by atoms with van der Waals surface area (Å²) in [6.45, 7) is 1.85. The summed E-state index contributed by atoms with van der Waals surface area (Å²) in [6.07, 6.45) is 0.571. The third-order valence-electron chi connectivity index (χ3n) is 2.82. The summed E-state index contributed by atoms with van der Waals surface area (Å²) < 4.78 is 5.55. The standard InChI is InChI=1S/C15H15ClN2O3/c1-10(17)8-11-2-7-15(14(9-11)18(19)20)21-13-5-3-12(16)4-6-13/h2-7,9-10H,8,17H2,1H3. The predicted octanol–water partition coefficient (Wildman–Crippen LogP) is 3.93. The molecule has 0 aliphatic heterocycles. The molecule has 1 unspecified atom stereocenters. The number of benzene rings is 2. The lowest BCUT2D eigenvalue weighted by molar-refractivity contribution is -0.385. The van der Waals surface area contributed by atoms with Crippen LogP contribution in [0, 0.1) is 10.1 Å². The average molecular weight is 307 g/mol. The quantitative estimate of drug-likeness (QED) is 0.670. The second-order valence-electron chi connectivity index (χ2n) is 4.80. The van der Waals surface area contributed by atoms with E-state index in [4.69, 9.17) is 22.1 Å². The molecule has 1 atom stereocenters. The molecule has 0 spiro atoms. The zero-order valence-corrected chi connectivity index (χ0v) is 12.2. The minimum atomic E-state index is -0.462. The van der Waals surface area contributed by atoms with Crippen LogP contribution in [-0.2, 0) is 6.42 Å². The average Bonchev–Trinajstić information content (AvgIpc) is 2.42. The normalized spacial score (nSPS) is 12.0. The highest BCUT2D eigenvalue weighted by atomic mass is 35.5. The van der Waals surface area contributed by atoms with Crippen molar-refractivity contribution in [3.63, 3.8) is 0 Å². The molecule has 0 radical (unpaired) electrons. The lowest BCUT2D eigenvalue weighted by Crippen LogP contribution is -2.17. The van der Waals surface area contributed by atoms with Gasteiger partial charge in [-0.15, -0.1) is 0 Å². The van der Waals surface area contributed by atoms with Gasteiger partial charge in [0.15, 0.2) is 0 Å². The minimum Gasteiger partial charge on any atom is -0.450 e. The Morgan fingerprint density at radius 2 is 1.95 bits per heavy atom. The molecule has 0 heterocycles. The smallest absolute Gasteiger partial charge is 0.311 e. The molecule has 0 aromatic heterocycles. The zero-order chi connectivity index (χ0) is 15.4. The van der Waals surface area contributed by atoms with Crippen LogP contribution >= 0.6 is 11.6 Å². The number of nitrogens with two attached hydrogens (primary N) is 1. The topological polar surface area (TPSA) is 78.4 Å². The maximum absolute atomic E-state index is 11.2. The molecule has 2 rings (SSSR count). The number of hydrogen-bond acceptors (Lipinski definition) is 4. The highest BCUT2D eigenvalue weighted by Gasteiger charge is 2.17. The number of nitrogens with zero attached hydrogens (tertiary/aromatic N) is 1. The minimum absolute atomic E-state index is 0.0624. The fourth-order valence-electron chi connectivity index (χ4n) is 1.92. The summed E-state index contributed by atoms with van der Waals surface area (Å²) in [5, 5.41) is 11.8. The first kappa shape index (κ1) is 15.3. The Morgan fingerprint density at radius 1 is 1.29 bits per heavy atom. The molecule has 21 heavy (non-hydrogen) atoms. The molecular weight excluding hydrogens is 292 g/mol.